The van der Waals surface area contributed by atoms with Crippen LogP contribution in [0.5, 0.6) is 0 Å². The zero-order valence-corrected chi connectivity index (χ0v) is 17.1. The fourth-order valence-electron chi connectivity index (χ4n) is 3.57. The third-order valence-electron chi connectivity index (χ3n) is 5.15. The van der Waals surface area contributed by atoms with Gasteiger partial charge in [-0.2, -0.15) is 0 Å². The maximum atomic E-state index is 12.9. The summed E-state index contributed by atoms with van der Waals surface area (Å²) in [5.74, 6) is -0.171. The van der Waals surface area contributed by atoms with Gasteiger partial charge in [-0.25, -0.2) is 4.68 Å². The van der Waals surface area contributed by atoms with E-state index in [9.17, 15) is 9.59 Å². The molecule has 3 rings (SSSR count). The number of halogens is 1. The highest BCUT2D eigenvalue weighted by Crippen LogP contribution is 2.20. The molecule has 0 spiro atoms. The molecule has 2 heterocycles. The average Bonchev–Trinajstić information content (AvgIpc) is 3.18. The Morgan fingerprint density at radius 3 is 2.61 bits per heavy atom. The van der Waals surface area contributed by atoms with E-state index in [1.54, 1.807) is 15.8 Å². The molecule has 8 heteroatoms. The van der Waals surface area contributed by atoms with Crippen molar-refractivity contribution in [2.24, 2.45) is 5.92 Å². The summed E-state index contributed by atoms with van der Waals surface area (Å²) in [4.78, 5) is 29.1. The van der Waals surface area contributed by atoms with Gasteiger partial charge in [0.2, 0.25) is 5.91 Å². The lowest BCUT2D eigenvalue weighted by atomic mass is 9.96. The maximum absolute atomic E-state index is 12.9. The number of benzene rings is 1. The van der Waals surface area contributed by atoms with Crippen molar-refractivity contribution < 1.29 is 9.59 Å². The summed E-state index contributed by atoms with van der Waals surface area (Å²) < 4.78 is 1.64. The molecule has 1 aromatic heterocycles. The number of aromatic nitrogens is 3. The van der Waals surface area contributed by atoms with Gasteiger partial charge >= 0.3 is 0 Å². The van der Waals surface area contributed by atoms with E-state index in [0.29, 0.717) is 43.4 Å². The summed E-state index contributed by atoms with van der Waals surface area (Å²) in [5, 5.41) is 8.79. The van der Waals surface area contributed by atoms with Crippen molar-refractivity contribution in [1.82, 2.24) is 24.8 Å². The summed E-state index contributed by atoms with van der Waals surface area (Å²) in [7, 11) is 0. The number of carbonyl (C=O) groups excluding carboxylic acids is 2. The first-order valence-electron chi connectivity index (χ1n) is 9.74. The lowest BCUT2D eigenvalue weighted by Crippen LogP contribution is -2.46. The smallest absolute Gasteiger partial charge is 0.276 e. The van der Waals surface area contributed by atoms with E-state index in [4.69, 9.17) is 11.6 Å². The highest BCUT2D eigenvalue weighted by atomic mass is 35.5. The van der Waals surface area contributed by atoms with Gasteiger partial charge in [0.1, 0.15) is 0 Å². The fraction of sp³-hybridized carbons (Fsp3) is 0.500. The summed E-state index contributed by atoms with van der Waals surface area (Å²) in [6.45, 7) is 6.94. The first-order valence-corrected chi connectivity index (χ1v) is 10.1. The highest BCUT2D eigenvalue weighted by molar-refractivity contribution is 6.30. The quantitative estimate of drug-likeness (QED) is 0.743. The Morgan fingerprint density at radius 2 is 1.93 bits per heavy atom. The van der Waals surface area contributed by atoms with Crippen LogP contribution >= 0.6 is 11.6 Å². The molecule has 0 saturated carbocycles. The average molecular weight is 404 g/mol. The van der Waals surface area contributed by atoms with Crippen molar-refractivity contribution >= 4 is 23.4 Å². The van der Waals surface area contributed by atoms with Gasteiger partial charge < -0.3 is 9.80 Å². The molecule has 0 unspecified atom stereocenters. The lowest BCUT2D eigenvalue weighted by molar-refractivity contribution is -0.136. The monoisotopic (exact) mass is 403 g/mol. The van der Waals surface area contributed by atoms with Gasteiger partial charge in [0.15, 0.2) is 5.69 Å². The molecule has 1 atom stereocenters. The first-order chi connectivity index (χ1) is 13.5. The fourth-order valence-corrected chi connectivity index (χ4v) is 3.70. The zero-order valence-electron chi connectivity index (χ0n) is 16.3. The largest absolute Gasteiger partial charge is 0.343 e. The van der Waals surface area contributed by atoms with Crippen molar-refractivity contribution in [3.63, 3.8) is 0 Å². The van der Waals surface area contributed by atoms with E-state index in [0.717, 1.165) is 18.4 Å². The van der Waals surface area contributed by atoms with Crippen molar-refractivity contribution in [3.8, 4) is 0 Å². The standard InChI is InChI=1S/C20H26ClN5O2/c1-3-24(4-2)19(27)16-6-5-11-25(13-16)20(28)18-14-26(23-22-18)12-15-7-9-17(21)10-8-15/h7-10,14,16H,3-6,11-13H2,1-2H3/t16-/m1/s1. The molecular formula is C20H26ClN5O2. The summed E-state index contributed by atoms with van der Waals surface area (Å²) in [6.07, 6.45) is 3.30. The minimum Gasteiger partial charge on any atom is -0.343 e. The molecule has 2 amide bonds. The highest BCUT2D eigenvalue weighted by Gasteiger charge is 2.31. The third kappa shape index (κ3) is 4.70. The number of hydrogen-bond acceptors (Lipinski definition) is 4. The molecule has 1 aliphatic rings. The van der Waals surface area contributed by atoms with Gasteiger partial charge in [0.05, 0.1) is 18.7 Å². The number of nitrogens with zero attached hydrogens (tertiary/aromatic N) is 5. The Labute approximate surface area is 170 Å². The second kappa shape index (κ2) is 9.19. The SMILES string of the molecule is CCN(CC)C(=O)[C@@H]1CCCN(C(=O)c2cn(Cc3ccc(Cl)cc3)nn2)C1. The number of carbonyl (C=O) groups is 2. The van der Waals surface area contributed by atoms with Crippen molar-refractivity contribution in [2.75, 3.05) is 26.2 Å². The molecule has 150 valence electrons. The van der Waals surface area contributed by atoms with Crippen LogP contribution in [0.4, 0.5) is 0 Å². The van der Waals surface area contributed by atoms with Crippen LogP contribution in [0.1, 0.15) is 42.7 Å². The number of amides is 2. The number of rotatable bonds is 6. The summed E-state index contributed by atoms with van der Waals surface area (Å²) in [5.41, 5.74) is 1.33. The third-order valence-corrected chi connectivity index (χ3v) is 5.40. The summed E-state index contributed by atoms with van der Waals surface area (Å²) in [6, 6.07) is 7.47. The molecule has 1 saturated heterocycles. The molecule has 7 nitrogen and oxygen atoms in total. The summed E-state index contributed by atoms with van der Waals surface area (Å²) >= 11 is 5.91. The molecule has 1 aliphatic heterocycles. The van der Waals surface area contributed by atoms with Crippen LogP contribution in [0.2, 0.25) is 5.02 Å². The minimum atomic E-state index is -0.167. The van der Waals surface area contributed by atoms with E-state index in [1.165, 1.54) is 0 Å². The minimum absolute atomic E-state index is 0.133. The van der Waals surface area contributed by atoms with E-state index < -0.39 is 0 Å². The van der Waals surface area contributed by atoms with Crippen LogP contribution in [0, 0.1) is 5.92 Å². The Morgan fingerprint density at radius 1 is 1.21 bits per heavy atom. The molecule has 0 radical (unpaired) electrons. The predicted molar refractivity (Wildman–Crippen MR) is 107 cm³/mol. The van der Waals surface area contributed by atoms with Crippen molar-refractivity contribution in [1.29, 1.82) is 0 Å². The molecule has 0 N–H and O–H groups in total. The second-order valence-corrected chi connectivity index (χ2v) is 7.47. The van der Waals surface area contributed by atoms with Gasteiger partial charge in [0.25, 0.3) is 5.91 Å². The van der Waals surface area contributed by atoms with Gasteiger partial charge in [-0.3, -0.25) is 9.59 Å². The number of piperidine rings is 1. The van der Waals surface area contributed by atoms with Crippen LogP contribution in [0.15, 0.2) is 30.5 Å². The number of hydrogen-bond donors (Lipinski definition) is 0. The molecule has 1 aromatic carbocycles. The van der Waals surface area contributed by atoms with Crippen LogP contribution < -0.4 is 0 Å². The zero-order chi connectivity index (χ0) is 20.1. The van der Waals surface area contributed by atoms with Gasteiger partial charge in [0, 0.05) is 31.2 Å². The molecule has 2 aromatic rings. The lowest BCUT2D eigenvalue weighted by Gasteiger charge is -2.34. The first kappa shape index (κ1) is 20.3. The van der Waals surface area contributed by atoms with Crippen LogP contribution in [-0.4, -0.2) is 62.8 Å². The normalized spacial score (nSPS) is 16.8. The van der Waals surface area contributed by atoms with Gasteiger partial charge in [-0.1, -0.05) is 28.9 Å². The topological polar surface area (TPSA) is 71.3 Å². The predicted octanol–water partition coefficient (Wildman–Crippen LogP) is 2.70. The van der Waals surface area contributed by atoms with E-state index in [1.807, 2.05) is 43.0 Å². The molecule has 1 fully saturated rings. The van der Waals surface area contributed by atoms with Gasteiger partial charge in [-0.05, 0) is 44.4 Å². The van der Waals surface area contributed by atoms with E-state index in [2.05, 4.69) is 10.3 Å². The number of likely N-dealkylation sites (tertiary alicyclic amines) is 1. The van der Waals surface area contributed by atoms with E-state index in [-0.39, 0.29) is 17.7 Å². The van der Waals surface area contributed by atoms with Crippen molar-refractivity contribution in [3.05, 3.63) is 46.7 Å². The molecule has 28 heavy (non-hydrogen) atoms. The van der Waals surface area contributed by atoms with Gasteiger partial charge in [-0.15, -0.1) is 5.10 Å². The Hall–Kier alpha value is -2.41. The molecular weight excluding hydrogens is 378 g/mol. The Kier molecular flexibility index (Phi) is 6.67. The van der Waals surface area contributed by atoms with Crippen molar-refractivity contribution in [2.45, 2.75) is 33.2 Å². The molecule has 0 aliphatic carbocycles. The second-order valence-electron chi connectivity index (χ2n) is 7.03. The maximum Gasteiger partial charge on any atom is 0.276 e. The Balaban J connectivity index is 1.64. The molecule has 0 bridgehead atoms. The Bertz CT molecular complexity index is 816. The van der Waals surface area contributed by atoms with E-state index >= 15 is 0 Å². The van der Waals surface area contributed by atoms with Crippen LogP contribution in [0.3, 0.4) is 0 Å². The van der Waals surface area contributed by atoms with Crippen LogP contribution in [-0.2, 0) is 11.3 Å². The van der Waals surface area contributed by atoms with Crippen LogP contribution in [0.25, 0.3) is 0 Å².